The van der Waals surface area contributed by atoms with Gasteiger partial charge in [-0.2, -0.15) is 8.42 Å². The van der Waals surface area contributed by atoms with Crippen molar-refractivity contribution in [2.45, 2.75) is 81.9 Å². The van der Waals surface area contributed by atoms with Crippen molar-refractivity contribution >= 4 is 10.1 Å². The van der Waals surface area contributed by atoms with Crippen LogP contribution < -0.4 is 0 Å². The summed E-state index contributed by atoms with van der Waals surface area (Å²) in [7, 11) is -2.37. The molecule has 3 rings (SSSR count). The Morgan fingerprint density at radius 3 is 1.85 bits per heavy atom. The molecule has 1 aromatic rings. The maximum absolute atomic E-state index is 11.8. The molecule has 0 unspecified atom stereocenters. The number of benzene rings is 1. The van der Waals surface area contributed by atoms with Crippen molar-refractivity contribution in [3.05, 3.63) is 29.8 Å². The first-order valence-electron chi connectivity index (χ1n) is 10.5. The van der Waals surface area contributed by atoms with Gasteiger partial charge in [0.05, 0.1) is 12.0 Å². The van der Waals surface area contributed by atoms with Gasteiger partial charge in [0.25, 0.3) is 10.1 Å². The zero-order valence-corrected chi connectivity index (χ0v) is 17.0. The zero-order valence-electron chi connectivity index (χ0n) is 16.2. The highest BCUT2D eigenvalue weighted by Crippen LogP contribution is 2.42. The quantitative estimate of drug-likeness (QED) is 0.569. The average Bonchev–Trinajstić information content (AvgIpc) is 2.70. The molecule has 0 atom stereocenters. The zero-order chi connectivity index (χ0) is 18.4. The average molecular weight is 379 g/mol. The Morgan fingerprint density at radius 1 is 0.885 bits per heavy atom. The van der Waals surface area contributed by atoms with E-state index in [1.807, 2.05) is 12.1 Å². The molecule has 0 heterocycles. The highest BCUT2D eigenvalue weighted by atomic mass is 32.2. The van der Waals surface area contributed by atoms with Crippen LogP contribution in [0, 0.1) is 17.8 Å². The van der Waals surface area contributed by atoms with Crippen LogP contribution in [0.1, 0.15) is 76.2 Å². The fourth-order valence-corrected chi connectivity index (χ4v) is 5.90. The van der Waals surface area contributed by atoms with Gasteiger partial charge in [-0.25, -0.2) is 0 Å². The van der Waals surface area contributed by atoms with Crippen LogP contribution in [0.15, 0.2) is 29.2 Å². The number of hydrogen-bond acceptors (Lipinski definition) is 3. The fourth-order valence-electron chi connectivity index (χ4n) is 5.23. The Hall–Kier alpha value is -0.870. The summed E-state index contributed by atoms with van der Waals surface area (Å²) in [6, 6.07) is 7.30. The maximum atomic E-state index is 11.8. The molecule has 3 nitrogen and oxygen atoms in total. The van der Waals surface area contributed by atoms with Crippen LogP contribution in [-0.2, 0) is 20.7 Å². The molecule has 2 saturated carbocycles. The number of hydrogen-bond donors (Lipinski definition) is 0. The van der Waals surface area contributed by atoms with Crippen molar-refractivity contribution in [1.82, 2.24) is 0 Å². The normalized spacial score (nSPS) is 20.5. The van der Waals surface area contributed by atoms with E-state index in [4.69, 9.17) is 0 Å². The van der Waals surface area contributed by atoms with Crippen LogP contribution in [0.2, 0.25) is 0 Å². The van der Waals surface area contributed by atoms with E-state index in [0.29, 0.717) is 0 Å². The molecule has 2 fully saturated rings. The van der Waals surface area contributed by atoms with Crippen LogP contribution in [0.4, 0.5) is 0 Å². The van der Waals surface area contributed by atoms with E-state index in [2.05, 4.69) is 4.18 Å². The molecule has 4 heteroatoms. The summed E-state index contributed by atoms with van der Waals surface area (Å²) < 4.78 is 28.1. The second-order valence-corrected chi connectivity index (χ2v) is 9.98. The molecule has 0 spiro atoms. The van der Waals surface area contributed by atoms with E-state index >= 15 is 0 Å². The van der Waals surface area contributed by atoms with E-state index in [1.165, 1.54) is 83.3 Å². The summed E-state index contributed by atoms with van der Waals surface area (Å²) in [5.41, 5.74) is 1.25. The van der Waals surface area contributed by atoms with Crippen molar-refractivity contribution in [2.24, 2.45) is 17.8 Å². The predicted octanol–water partition coefficient (Wildman–Crippen LogP) is 5.73. The maximum Gasteiger partial charge on any atom is 0.296 e. The van der Waals surface area contributed by atoms with E-state index in [9.17, 15) is 8.42 Å². The largest absolute Gasteiger partial charge is 0.296 e. The number of aryl methyl sites for hydroxylation is 1. The first-order chi connectivity index (χ1) is 12.6. The topological polar surface area (TPSA) is 43.4 Å². The van der Waals surface area contributed by atoms with E-state index in [0.717, 1.165) is 24.2 Å². The molecule has 1 aromatic carbocycles. The summed E-state index contributed by atoms with van der Waals surface area (Å²) in [4.78, 5) is 0.250. The lowest BCUT2D eigenvalue weighted by Gasteiger charge is -2.38. The molecule has 26 heavy (non-hydrogen) atoms. The van der Waals surface area contributed by atoms with Gasteiger partial charge in [0, 0.05) is 0 Å². The lowest BCUT2D eigenvalue weighted by molar-refractivity contribution is 0.135. The first kappa shape index (κ1) is 19.9. The van der Waals surface area contributed by atoms with Gasteiger partial charge < -0.3 is 0 Å². The van der Waals surface area contributed by atoms with Crippen LogP contribution >= 0.6 is 0 Å². The van der Waals surface area contributed by atoms with Gasteiger partial charge in [-0.15, -0.1) is 0 Å². The van der Waals surface area contributed by atoms with Gasteiger partial charge in [-0.1, -0.05) is 76.3 Å². The minimum Gasteiger partial charge on any atom is -0.270 e. The highest BCUT2D eigenvalue weighted by molar-refractivity contribution is 7.86. The molecule has 146 valence electrons. The Bertz CT molecular complexity index is 620. The molecule has 0 amide bonds. The predicted molar refractivity (Wildman–Crippen MR) is 106 cm³/mol. The molecule has 0 radical (unpaired) electrons. The summed E-state index contributed by atoms with van der Waals surface area (Å²) in [5.74, 6) is 2.69. The molecule has 2 aliphatic carbocycles. The lowest BCUT2D eigenvalue weighted by atomic mass is 9.68. The monoisotopic (exact) mass is 378 g/mol. The minimum absolute atomic E-state index is 0.250. The molecule has 0 bridgehead atoms. The van der Waals surface area contributed by atoms with Gasteiger partial charge in [0.1, 0.15) is 0 Å². The molecule has 2 aliphatic rings. The van der Waals surface area contributed by atoms with E-state index < -0.39 is 10.1 Å². The Morgan fingerprint density at radius 2 is 1.38 bits per heavy atom. The van der Waals surface area contributed by atoms with Crippen LogP contribution in [0.3, 0.4) is 0 Å². The summed E-state index contributed by atoms with van der Waals surface area (Å²) in [6.07, 6.45) is 16.5. The summed E-state index contributed by atoms with van der Waals surface area (Å²) in [6.45, 7) is 0. The van der Waals surface area contributed by atoms with Crippen LogP contribution in [-0.4, -0.2) is 15.5 Å². The smallest absolute Gasteiger partial charge is 0.270 e. The molecular formula is C22H34O3S. The van der Waals surface area contributed by atoms with Gasteiger partial charge in [0.2, 0.25) is 0 Å². The molecule has 0 aromatic heterocycles. The van der Waals surface area contributed by atoms with Gasteiger partial charge >= 0.3 is 0 Å². The van der Waals surface area contributed by atoms with Gasteiger partial charge in [0.15, 0.2) is 0 Å². The molecule has 0 saturated heterocycles. The summed E-state index contributed by atoms with van der Waals surface area (Å²) >= 11 is 0. The van der Waals surface area contributed by atoms with Crippen molar-refractivity contribution in [2.75, 3.05) is 7.11 Å². The van der Waals surface area contributed by atoms with Gasteiger partial charge in [-0.05, 0) is 48.3 Å². The Balaban J connectivity index is 1.64. The third-order valence-electron chi connectivity index (χ3n) is 6.71. The van der Waals surface area contributed by atoms with Crippen molar-refractivity contribution in [3.8, 4) is 0 Å². The van der Waals surface area contributed by atoms with Gasteiger partial charge in [-0.3, -0.25) is 4.18 Å². The number of rotatable bonds is 7. The Labute approximate surface area is 159 Å². The van der Waals surface area contributed by atoms with Crippen molar-refractivity contribution < 1.29 is 12.6 Å². The minimum atomic E-state index is -3.58. The fraction of sp³-hybridized carbons (Fsp3) is 0.727. The molecule has 0 N–H and O–H groups in total. The Kier molecular flexibility index (Phi) is 7.16. The standard InChI is InChI=1S/C22H34O3S/c1-25-26(23,24)21-15-12-18(13-16-21)14-17-22(19-8-4-2-5-9-19)20-10-6-3-7-11-20/h12-13,15-16,19-20,22H,2-11,14,17H2,1H3. The molecular weight excluding hydrogens is 344 g/mol. The highest BCUT2D eigenvalue weighted by Gasteiger charge is 2.31. The van der Waals surface area contributed by atoms with Crippen molar-refractivity contribution in [1.29, 1.82) is 0 Å². The lowest BCUT2D eigenvalue weighted by Crippen LogP contribution is -2.27. The second kappa shape index (κ2) is 9.36. The van der Waals surface area contributed by atoms with Crippen molar-refractivity contribution in [3.63, 3.8) is 0 Å². The molecule has 0 aliphatic heterocycles. The van der Waals surface area contributed by atoms with Crippen LogP contribution in [0.25, 0.3) is 0 Å². The van der Waals surface area contributed by atoms with Crippen LogP contribution in [0.5, 0.6) is 0 Å². The third-order valence-corrected chi connectivity index (χ3v) is 8.00. The van der Waals surface area contributed by atoms with E-state index in [-0.39, 0.29) is 4.90 Å². The third kappa shape index (κ3) is 5.10. The SMILES string of the molecule is COS(=O)(=O)c1ccc(CCC(C2CCCCC2)C2CCCCC2)cc1. The first-order valence-corrected chi connectivity index (χ1v) is 11.9. The summed E-state index contributed by atoms with van der Waals surface area (Å²) in [5, 5.41) is 0. The second-order valence-electron chi connectivity index (χ2n) is 8.26. The van der Waals surface area contributed by atoms with E-state index in [1.54, 1.807) is 12.1 Å².